The van der Waals surface area contributed by atoms with E-state index in [1.807, 2.05) is 0 Å². The summed E-state index contributed by atoms with van der Waals surface area (Å²) in [5, 5.41) is 0. The Kier molecular flexibility index (Phi) is 3.11. The van der Waals surface area contributed by atoms with Gasteiger partial charge in [-0.05, 0) is 0 Å². The van der Waals surface area contributed by atoms with Crippen LogP contribution in [0.25, 0.3) is 0 Å². The van der Waals surface area contributed by atoms with E-state index in [4.69, 9.17) is 0 Å². The van der Waals surface area contributed by atoms with Crippen molar-refractivity contribution in [2.45, 2.75) is 0 Å². The Hall–Kier alpha value is 0.729. The predicted octanol–water partition coefficient (Wildman–Crippen LogP) is -2.07. The molecule has 0 aliphatic carbocycles. The zero-order chi connectivity index (χ0) is 7.52. The van der Waals surface area contributed by atoms with Crippen molar-refractivity contribution in [1.82, 2.24) is 0 Å². The molecule has 56 valence electrons. The van der Waals surface area contributed by atoms with E-state index in [1.165, 1.54) is 0 Å². The third-order valence-electron chi connectivity index (χ3n) is 1.16. The molecule has 11 heavy (non-hydrogen) atoms. The van der Waals surface area contributed by atoms with Crippen LogP contribution in [0.5, 0.6) is 0 Å². The van der Waals surface area contributed by atoms with Crippen LogP contribution in [-0.2, 0) is 0 Å². The number of rotatable bonds is 2. The Bertz CT molecular complexity index is 264. The minimum atomic E-state index is 0.271. The zero-order valence-corrected chi connectivity index (χ0v) is 11.2. The fourth-order valence-electron chi connectivity index (χ4n) is 0.716. The van der Waals surface area contributed by atoms with Crippen LogP contribution in [0.3, 0.4) is 0 Å². The maximum absolute atomic E-state index is 2.32. The second kappa shape index (κ2) is 4.10. The van der Waals surface area contributed by atoms with Crippen LogP contribution >= 0.6 is 0 Å². The first-order valence-corrected chi connectivity index (χ1v) is 9.02. The number of hydrogen-bond donors (Lipinski definition) is 0. The summed E-state index contributed by atoms with van der Waals surface area (Å²) in [6, 6.07) is 9.07. The third-order valence-corrected chi connectivity index (χ3v) is 10.5. The van der Waals surface area contributed by atoms with Gasteiger partial charge in [-0.1, -0.05) is 0 Å². The molecule has 3 heteroatoms. The van der Waals surface area contributed by atoms with Gasteiger partial charge in [0, 0.05) is 0 Å². The molecule has 0 bridgehead atoms. The maximum atomic E-state index is 2.32. The average Bonchev–Trinajstić information content (AvgIpc) is 2.60. The summed E-state index contributed by atoms with van der Waals surface area (Å²) < 4.78 is 3.49. The van der Waals surface area contributed by atoms with Gasteiger partial charge in [0.2, 0.25) is 0 Å². The Labute approximate surface area is 88.4 Å². The van der Waals surface area contributed by atoms with Gasteiger partial charge < -0.3 is 0 Å². The standard InChI is InChI=1S/C8H6ISe2/c1-3-7(10-5-1)9-8-4-2-6-11-8/h1-6H/q+1. The minimum absolute atomic E-state index is 0.271. The molecular formula is C8H6ISe2+. The molecule has 0 aliphatic rings. The van der Waals surface area contributed by atoms with Gasteiger partial charge in [0.25, 0.3) is 0 Å². The molecule has 2 heterocycles. The van der Waals surface area contributed by atoms with Crippen molar-refractivity contribution < 1.29 is 21.2 Å². The van der Waals surface area contributed by atoms with Gasteiger partial charge in [0.1, 0.15) is 0 Å². The zero-order valence-electron chi connectivity index (χ0n) is 5.66. The van der Waals surface area contributed by atoms with Crippen LogP contribution in [0, 0.1) is 4.89 Å². The summed E-state index contributed by atoms with van der Waals surface area (Å²) >= 11 is 1.70. The molecule has 0 aliphatic heterocycles. The van der Waals surface area contributed by atoms with Crippen molar-refractivity contribution in [1.29, 1.82) is 0 Å². The molecule has 0 N–H and O–H groups in total. The molecular weight excluding hydrogens is 381 g/mol. The van der Waals surface area contributed by atoms with E-state index in [-0.39, 0.29) is 21.2 Å². The molecule has 0 aromatic carbocycles. The Morgan fingerprint density at radius 2 is 1.45 bits per heavy atom. The molecule has 0 saturated heterocycles. The van der Waals surface area contributed by atoms with Crippen molar-refractivity contribution in [2.75, 3.05) is 0 Å². The van der Waals surface area contributed by atoms with E-state index >= 15 is 0 Å². The molecule has 0 spiro atoms. The van der Waals surface area contributed by atoms with Gasteiger partial charge in [-0.15, -0.1) is 0 Å². The Morgan fingerprint density at radius 1 is 0.909 bits per heavy atom. The Morgan fingerprint density at radius 3 is 1.82 bits per heavy atom. The van der Waals surface area contributed by atoms with Gasteiger partial charge in [0.15, 0.2) is 0 Å². The summed E-state index contributed by atoms with van der Waals surface area (Å²) in [7, 11) is 0. The third kappa shape index (κ3) is 2.33. The van der Waals surface area contributed by atoms with Gasteiger partial charge >= 0.3 is 89.2 Å². The topological polar surface area (TPSA) is 0 Å². The first-order chi connectivity index (χ1) is 5.45. The average molecular weight is 387 g/mol. The van der Waals surface area contributed by atoms with Crippen molar-refractivity contribution in [3.8, 4) is 0 Å². The van der Waals surface area contributed by atoms with Crippen LogP contribution in [-0.4, -0.2) is 29.0 Å². The molecule has 2 aromatic heterocycles. The molecule has 2 rings (SSSR count). The normalized spacial score (nSPS) is 10.2. The van der Waals surface area contributed by atoms with E-state index < -0.39 is 0 Å². The first-order valence-electron chi connectivity index (χ1n) is 3.17. The van der Waals surface area contributed by atoms with E-state index in [9.17, 15) is 0 Å². The summed E-state index contributed by atoms with van der Waals surface area (Å²) in [6.45, 7) is 0. The van der Waals surface area contributed by atoms with Gasteiger partial charge in [-0.2, -0.15) is 0 Å². The molecule has 0 nitrogen and oxygen atoms in total. The van der Waals surface area contributed by atoms with Gasteiger partial charge in [-0.3, -0.25) is 0 Å². The van der Waals surface area contributed by atoms with Crippen LogP contribution in [0.4, 0.5) is 0 Å². The fourth-order valence-corrected chi connectivity index (χ4v) is 10.9. The molecule has 0 fully saturated rings. The van der Waals surface area contributed by atoms with Gasteiger partial charge in [-0.25, -0.2) is 0 Å². The van der Waals surface area contributed by atoms with E-state index in [1.54, 1.807) is 4.89 Å². The first kappa shape index (κ1) is 8.33. The predicted molar refractivity (Wildman–Crippen MR) is 44.2 cm³/mol. The van der Waals surface area contributed by atoms with Crippen LogP contribution in [0.2, 0.25) is 0 Å². The van der Waals surface area contributed by atoms with E-state index in [0.29, 0.717) is 29.0 Å². The van der Waals surface area contributed by atoms with Crippen molar-refractivity contribution >= 4 is 29.0 Å². The molecule has 2 aromatic rings. The summed E-state index contributed by atoms with van der Waals surface area (Å²) in [4.78, 5) is 4.63. The SMILES string of the molecule is c1c[se]c([I+]c2ccc[se]2)c1. The molecule has 0 atom stereocenters. The van der Waals surface area contributed by atoms with E-state index in [2.05, 4.69) is 34.1 Å². The quantitative estimate of drug-likeness (QED) is 0.411. The monoisotopic (exact) mass is 389 g/mol. The Balaban J connectivity index is 2.14. The summed E-state index contributed by atoms with van der Waals surface area (Å²) in [6.07, 6.45) is 0. The molecule has 0 unspecified atom stereocenters. The van der Waals surface area contributed by atoms with Crippen molar-refractivity contribution in [3.05, 3.63) is 39.0 Å². The van der Waals surface area contributed by atoms with Crippen LogP contribution < -0.4 is 21.2 Å². The molecule has 0 amide bonds. The second-order valence-corrected chi connectivity index (χ2v) is 12.1. The van der Waals surface area contributed by atoms with Gasteiger partial charge in [0.05, 0.1) is 0 Å². The van der Waals surface area contributed by atoms with E-state index in [0.717, 1.165) is 0 Å². The number of hydrogen-bond acceptors (Lipinski definition) is 0. The molecule has 0 radical (unpaired) electrons. The van der Waals surface area contributed by atoms with Crippen LogP contribution in [0.15, 0.2) is 34.1 Å². The second-order valence-electron chi connectivity index (χ2n) is 1.93. The van der Waals surface area contributed by atoms with Crippen LogP contribution in [0.1, 0.15) is 0 Å². The number of halogens is 1. The van der Waals surface area contributed by atoms with Crippen molar-refractivity contribution in [3.63, 3.8) is 0 Å². The summed E-state index contributed by atoms with van der Waals surface area (Å²) in [5.41, 5.74) is 0. The fraction of sp³-hybridized carbons (Fsp3) is 0. The van der Waals surface area contributed by atoms with Crippen molar-refractivity contribution in [2.24, 2.45) is 0 Å². The summed E-state index contributed by atoms with van der Waals surface area (Å²) in [5.74, 6) is 0. The molecule has 0 saturated carbocycles.